The molecule has 1 atom stereocenters. The lowest BCUT2D eigenvalue weighted by molar-refractivity contribution is -0.122. The molecule has 172 valence electrons. The smallest absolute Gasteiger partial charge is 0.267 e. The van der Waals surface area contributed by atoms with Gasteiger partial charge in [0.15, 0.2) is 17.6 Å². The van der Waals surface area contributed by atoms with Crippen LogP contribution in [-0.2, 0) is 14.8 Å². The second-order valence-corrected chi connectivity index (χ2v) is 9.34. The number of hydrogen-bond donors (Lipinski definition) is 1. The van der Waals surface area contributed by atoms with E-state index in [-0.39, 0.29) is 11.4 Å². The Kier molecular flexibility index (Phi) is 6.15. The Morgan fingerprint density at radius 2 is 1.70 bits per heavy atom. The number of methoxy groups -OCH3 is 2. The van der Waals surface area contributed by atoms with Gasteiger partial charge in [0.25, 0.3) is 15.9 Å². The number of ether oxygens (including phenoxy) is 3. The summed E-state index contributed by atoms with van der Waals surface area (Å²) in [4.78, 5) is 13.2. The molecule has 0 unspecified atom stereocenters. The average Bonchev–Trinajstić information content (AvgIpc) is 2.83. The van der Waals surface area contributed by atoms with Crippen LogP contribution in [0.1, 0.15) is 5.56 Å². The third-order valence-electron chi connectivity index (χ3n) is 5.29. The van der Waals surface area contributed by atoms with E-state index in [2.05, 4.69) is 5.32 Å². The normalized spacial score (nSPS) is 15.2. The molecule has 33 heavy (non-hydrogen) atoms. The van der Waals surface area contributed by atoms with Crippen LogP contribution in [0.5, 0.6) is 17.2 Å². The number of carbonyl (C=O) groups excluding carboxylic acids is 1. The van der Waals surface area contributed by atoms with Crippen LogP contribution in [0, 0.1) is 6.92 Å². The lowest BCUT2D eigenvalue weighted by Crippen LogP contribution is -2.48. The quantitative estimate of drug-likeness (QED) is 0.594. The van der Waals surface area contributed by atoms with Crippen molar-refractivity contribution in [2.45, 2.75) is 17.9 Å². The number of sulfonamides is 1. The second kappa shape index (κ2) is 9.03. The highest BCUT2D eigenvalue weighted by Gasteiger charge is 2.37. The highest BCUT2D eigenvalue weighted by Crippen LogP contribution is 2.37. The topological polar surface area (TPSA) is 94.2 Å². The Labute approximate surface area is 192 Å². The van der Waals surface area contributed by atoms with Crippen molar-refractivity contribution in [3.05, 3.63) is 72.3 Å². The number of amides is 1. The summed E-state index contributed by atoms with van der Waals surface area (Å²) < 4.78 is 44.5. The summed E-state index contributed by atoms with van der Waals surface area (Å²) in [5, 5.41) is 2.77. The van der Waals surface area contributed by atoms with Crippen LogP contribution in [0.15, 0.2) is 71.6 Å². The van der Waals surface area contributed by atoms with E-state index >= 15 is 0 Å². The van der Waals surface area contributed by atoms with Crippen LogP contribution in [0.25, 0.3) is 0 Å². The van der Waals surface area contributed by atoms with Crippen LogP contribution in [0.3, 0.4) is 0 Å². The van der Waals surface area contributed by atoms with Crippen molar-refractivity contribution in [1.82, 2.24) is 0 Å². The Hall–Kier alpha value is -3.72. The summed E-state index contributed by atoms with van der Waals surface area (Å²) in [6.45, 7) is 1.71. The molecule has 1 amide bonds. The minimum Gasteiger partial charge on any atom is -0.493 e. The fourth-order valence-corrected chi connectivity index (χ4v) is 5.02. The van der Waals surface area contributed by atoms with Crippen LogP contribution >= 0.6 is 0 Å². The summed E-state index contributed by atoms with van der Waals surface area (Å²) in [7, 11) is -0.896. The summed E-state index contributed by atoms with van der Waals surface area (Å²) in [6.07, 6.45) is -1.06. The molecule has 0 aliphatic carbocycles. The van der Waals surface area contributed by atoms with Crippen molar-refractivity contribution in [3.63, 3.8) is 0 Å². The molecule has 0 saturated carbocycles. The van der Waals surface area contributed by atoms with Gasteiger partial charge in [-0.1, -0.05) is 29.8 Å². The van der Waals surface area contributed by atoms with Gasteiger partial charge in [0.05, 0.1) is 31.3 Å². The first-order valence-electron chi connectivity index (χ1n) is 10.2. The Balaban J connectivity index is 1.63. The summed E-state index contributed by atoms with van der Waals surface area (Å²) >= 11 is 0. The van der Waals surface area contributed by atoms with Crippen LogP contribution in [0.4, 0.5) is 11.4 Å². The number of carbonyl (C=O) groups is 1. The molecule has 9 heteroatoms. The Bertz CT molecular complexity index is 1270. The van der Waals surface area contributed by atoms with E-state index in [1.54, 1.807) is 66.7 Å². The SMILES string of the molecule is COc1ccc(NC(=O)[C@@H]2CN(S(=O)(=O)c3ccc(C)cc3)c3ccccc3O2)cc1OC. The molecule has 0 saturated heterocycles. The summed E-state index contributed by atoms with van der Waals surface area (Å²) in [6, 6.07) is 18.3. The predicted molar refractivity (Wildman–Crippen MR) is 125 cm³/mol. The monoisotopic (exact) mass is 468 g/mol. The van der Waals surface area contributed by atoms with E-state index in [0.717, 1.165) is 5.56 Å². The molecule has 1 heterocycles. The summed E-state index contributed by atoms with van der Waals surface area (Å²) in [5.74, 6) is 0.801. The molecule has 0 bridgehead atoms. The van der Waals surface area contributed by atoms with E-state index in [1.807, 2.05) is 6.92 Å². The first-order chi connectivity index (χ1) is 15.8. The highest BCUT2D eigenvalue weighted by molar-refractivity contribution is 7.92. The van der Waals surface area contributed by atoms with Gasteiger partial charge in [-0.15, -0.1) is 0 Å². The molecule has 1 aliphatic rings. The Morgan fingerprint density at radius 3 is 2.39 bits per heavy atom. The maximum atomic E-state index is 13.5. The molecule has 0 radical (unpaired) electrons. The molecule has 0 aromatic heterocycles. The number of hydrogen-bond acceptors (Lipinski definition) is 6. The van der Waals surface area contributed by atoms with Gasteiger partial charge in [-0.05, 0) is 43.3 Å². The van der Waals surface area contributed by atoms with Crippen LogP contribution in [0.2, 0.25) is 0 Å². The van der Waals surface area contributed by atoms with E-state index in [0.29, 0.717) is 28.6 Å². The lowest BCUT2D eigenvalue weighted by atomic mass is 10.2. The first kappa shape index (κ1) is 22.5. The lowest BCUT2D eigenvalue weighted by Gasteiger charge is -2.34. The van der Waals surface area contributed by atoms with Gasteiger partial charge in [0.1, 0.15) is 5.75 Å². The minimum absolute atomic E-state index is 0.142. The zero-order valence-corrected chi connectivity index (χ0v) is 19.3. The highest BCUT2D eigenvalue weighted by atomic mass is 32.2. The standard InChI is InChI=1S/C24H24N2O6S/c1-16-8-11-18(12-9-16)33(28,29)26-15-23(32-20-7-5-4-6-19(20)26)24(27)25-17-10-13-21(30-2)22(14-17)31-3/h4-14,23H,15H2,1-3H3,(H,25,27)/t23-/m0/s1. The van der Waals surface area contributed by atoms with Gasteiger partial charge in [0, 0.05) is 11.8 Å². The Morgan fingerprint density at radius 1 is 1.00 bits per heavy atom. The van der Waals surface area contributed by atoms with Crippen molar-refractivity contribution in [2.75, 3.05) is 30.4 Å². The fourth-order valence-electron chi connectivity index (χ4n) is 3.54. The molecule has 1 aliphatic heterocycles. The third kappa shape index (κ3) is 4.45. The van der Waals surface area contributed by atoms with Crippen LogP contribution in [-0.4, -0.2) is 41.2 Å². The third-order valence-corrected chi connectivity index (χ3v) is 7.08. The van der Waals surface area contributed by atoms with Gasteiger partial charge in [-0.2, -0.15) is 0 Å². The van der Waals surface area contributed by atoms with E-state index in [4.69, 9.17) is 14.2 Å². The number of nitrogens with zero attached hydrogens (tertiary/aromatic N) is 1. The molecule has 3 aromatic carbocycles. The average molecular weight is 469 g/mol. The summed E-state index contributed by atoms with van der Waals surface area (Å²) in [5.41, 5.74) is 1.80. The van der Waals surface area contributed by atoms with Crippen molar-refractivity contribution in [3.8, 4) is 17.2 Å². The molecule has 0 spiro atoms. The predicted octanol–water partition coefficient (Wildman–Crippen LogP) is 3.61. The molecule has 3 aromatic rings. The number of fused-ring (bicyclic) bond motifs is 1. The molecule has 0 fully saturated rings. The molecule has 4 rings (SSSR count). The van der Waals surface area contributed by atoms with Crippen molar-refractivity contribution < 1.29 is 27.4 Å². The number of aryl methyl sites for hydroxylation is 1. The number of para-hydroxylation sites is 2. The van der Waals surface area contributed by atoms with Crippen molar-refractivity contribution in [1.29, 1.82) is 0 Å². The van der Waals surface area contributed by atoms with Crippen molar-refractivity contribution >= 4 is 27.3 Å². The number of nitrogens with one attached hydrogen (secondary N) is 1. The van der Waals surface area contributed by atoms with Gasteiger partial charge < -0.3 is 19.5 Å². The maximum Gasteiger partial charge on any atom is 0.267 e. The maximum absolute atomic E-state index is 13.5. The minimum atomic E-state index is -3.91. The largest absolute Gasteiger partial charge is 0.493 e. The van der Waals surface area contributed by atoms with Gasteiger partial charge >= 0.3 is 0 Å². The number of benzene rings is 3. The molecule has 1 N–H and O–H groups in total. The first-order valence-corrected chi connectivity index (χ1v) is 11.7. The number of rotatable bonds is 6. The van der Waals surface area contributed by atoms with Gasteiger partial charge in [0.2, 0.25) is 0 Å². The number of anilines is 2. The zero-order valence-electron chi connectivity index (χ0n) is 18.4. The van der Waals surface area contributed by atoms with Crippen LogP contribution < -0.4 is 23.8 Å². The van der Waals surface area contributed by atoms with E-state index in [9.17, 15) is 13.2 Å². The zero-order chi connectivity index (χ0) is 23.6. The van der Waals surface area contributed by atoms with E-state index in [1.165, 1.54) is 18.5 Å². The fraction of sp³-hybridized carbons (Fsp3) is 0.208. The van der Waals surface area contributed by atoms with Crippen molar-refractivity contribution in [2.24, 2.45) is 0 Å². The van der Waals surface area contributed by atoms with E-state index < -0.39 is 22.0 Å². The van der Waals surface area contributed by atoms with Gasteiger partial charge in [-0.3, -0.25) is 9.10 Å². The molecular weight excluding hydrogens is 444 g/mol. The second-order valence-electron chi connectivity index (χ2n) is 7.48. The molecular formula is C24H24N2O6S. The molecule has 8 nitrogen and oxygen atoms in total. The van der Waals surface area contributed by atoms with Gasteiger partial charge in [-0.25, -0.2) is 8.42 Å².